The van der Waals surface area contributed by atoms with Crippen molar-refractivity contribution < 1.29 is 13.6 Å². The lowest BCUT2D eigenvalue weighted by molar-refractivity contribution is 0.0887. The SMILES string of the molecule is N#Cc1cnc(Nc2cc(NC3CCC(N)CC3)c(C(=O)NCC(F)F)nn2)cn1. The molecule has 3 rings (SSSR count). The second-order valence-corrected chi connectivity index (χ2v) is 6.87. The van der Waals surface area contributed by atoms with Crippen LogP contribution in [0.5, 0.6) is 0 Å². The summed E-state index contributed by atoms with van der Waals surface area (Å²) in [6.45, 7) is -0.779. The van der Waals surface area contributed by atoms with Crippen LogP contribution in [-0.2, 0) is 0 Å². The number of amides is 1. The summed E-state index contributed by atoms with van der Waals surface area (Å²) in [5, 5.41) is 24.9. The fourth-order valence-electron chi connectivity index (χ4n) is 3.05. The number of carbonyl (C=O) groups excluding carboxylic acids is 1. The number of alkyl halides is 2. The molecule has 158 valence electrons. The second kappa shape index (κ2) is 9.84. The molecular formula is C18H21F2N9O. The zero-order chi connectivity index (χ0) is 21.5. The van der Waals surface area contributed by atoms with Gasteiger partial charge in [-0.25, -0.2) is 18.7 Å². The van der Waals surface area contributed by atoms with Gasteiger partial charge in [0.25, 0.3) is 12.3 Å². The van der Waals surface area contributed by atoms with Gasteiger partial charge in [-0.1, -0.05) is 0 Å². The van der Waals surface area contributed by atoms with E-state index in [1.54, 1.807) is 6.07 Å². The maximum atomic E-state index is 12.5. The van der Waals surface area contributed by atoms with Gasteiger partial charge in [-0.15, -0.1) is 10.2 Å². The van der Waals surface area contributed by atoms with Gasteiger partial charge in [0.1, 0.15) is 11.9 Å². The molecule has 0 saturated heterocycles. The molecule has 1 aliphatic rings. The van der Waals surface area contributed by atoms with Gasteiger partial charge >= 0.3 is 0 Å². The Kier molecular flexibility index (Phi) is 6.97. The average Bonchev–Trinajstić information content (AvgIpc) is 2.74. The molecule has 0 unspecified atom stereocenters. The number of hydrogen-bond donors (Lipinski definition) is 4. The van der Waals surface area contributed by atoms with Crippen LogP contribution in [0, 0.1) is 11.3 Å². The number of nitrogens with one attached hydrogen (secondary N) is 3. The topological polar surface area (TPSA) is 155 Å². The first kappa shape index (κ1) is 21.3. The molecule has 0 bridgehead atoms. The Morgan fingerprint density at radius 2 is 1.97 bits per heavy atom. The monoisotopic (exact) mass is 417 g/mol. The molecule has 2 aromatic rings. The van der Waals surface area contributed by atoms with Crippen LogP contribution in [0.25, 0.3) is 0 Å². The minimum Gasteiger partial charge on any atom is -0.380 e. The van der Waals surface area contributed by atoms with Gasteiger partial charge in [0.05, 0.1) is 24.6 Å². The number of rotatable bonds is 7. The molecule has 0 aromatic carbocycles. The van der Waals surface area contributed by atoms with E-state index in [9.17, 15) is 13.6 Å². The van der Waals surface area contributed by atoms with Crippen LogP contribution < -0.4 is 21.7 Å². The molecule has 5 N–H and O–H groups in total. The molecule has 1 fully saturated rings. The van der Waals surface area contributed by atoms with Crippen molar-refractivity contribution in [2.75, 3.05) is 17.2 Å². The fraction of sp³-hybridized carbons (Fsp3) is 0.444. The maximum absolute atomic E-state index is 12.5. The molecule has 2 heterocycles. The Hall–Kier alpha value is -3.46. The highest BCUT2D eigenvalue weighted by molar-refractivity contribution is 5.97. The van der Waals surface area contributed by atoms with E-state index in [1.807, 2.05) is 6.07 Å². The predicted octanol–water partition coefficient (Wildman–Crippen LogP) is 1.56. The highest BCUT2D eigenvalue weighted by atomic mass is 19.3. The van der Waals surface area contributed by atoms with E-state index in [1.165, 1.54) is 12.4 Å². The lowest BCUT2D eigenvalue weighted by atomic mass is 9.91. The van der Waals surface area contributed by atoms with Crippen molar-refractivity contribution in [1.82, 2.24) is 25.5 Å². The van der Waals surface area contributed by atoms with E-state index in [0.717, 1.165) is 25.7 Å². The van der Waals surface area contributed by atoms with Crippen molar-refractivity contribution in [3.8, 4) is 6.07 Å². The minimum absolute atomic E-state index is 0.0678. The summed E-state index contributed by atoms with van der Waals surface area (Å²) in [7, 11) is 0. The van der Waals surface area contributed by atoms with Crippen LogP contribution in [0.4, 0.5) is 26.1 Å². The molecule has 0 aliphatic heterocycles. The van der Waals surface area contributed by atoms with E-state index in [4.69, 9.17) is 11.0 Å². The molecule has 12 heteroatoms. The van der Waals surface area contributed by atoms with Gasteiger partial charge in [0.15, 0.2) is 17.2 Å². The molecule has 0 atom stereocenters. The van der Waals surface area contributed by atoms with E-state index in [2.05, 4.69) is 36.1 Å². The normalized spacial score (nSPS) is 18.5. The summed E-state index contributed by atoms with van der Waals surface area (Å²) in [5.41, 5.74) is 6.38. The van der Waals surface area contributed by atoms with E-state index < -0.39 is 18.9 Å². The van der Waals surface area contributed by atoms with Crippen LogP contribution in [-0.4, -0.2) is 51.1 Å². The van der Waals surface area contributed by atoms with Gasteiger partial charge in [0.2, 0.25) is 0 Å². The van der Waals surface area contributed by atoms with Gasteiger partial charge in [-0.05, 0) is 25.7 Å². The van der Waals surface area contributed by atoms with Crippen molar-refractivity contribution in [3.63, 3.8) is 0 Å². The van der Waals surface area contributed by atoms with Gasteiger partial charge in [0, 0.05) is 18.2 Å². The Morgan fingerprint density at radius 1 is 1.20 bits per heavy atom. The Bertz CT molecular complexity index is 909. The summed E-state index contributed by atoms with van der Waals surface area (Å²) in [4.78, 5) is 20.3. The van der Waals surface area contributed by atoms with E-state index in [0.29, 0.717) is 11.5 Å². The van der Waals surface area contributed by atoms with Crippen LogP contribution in [0.2, 0.25) is 0 Å². The van der Waals surface area contributed by atoms with E-state index >= 15 is 0 Å². The zero-order valence-electron chi connectivity index (χ0n) is 16.0. The maximum Gasteiger partial charge on any atom is 0.274 e. The largest absolute Gasteiger partial charge is 0.380 e. The number of nitrogens with zero attached hydrogens (tertiary/aromatic N) is 5. The van der Waals surface area contributed by atoms with Crippen molar-refractivity contribution in [2.24, 2.45) is 5.73 Å². The number of halogens is 2. The predicted molar refractivity (Wildman–Crippen MR) is 104 cm³/mol. The number of nitrogens with two attached hydrogens (primary N) is 1. The number of nitriles is 1. The molecule has 1 aliphatic carbocycles. The Balaban J connectivity index is 1.80. The highest BCUT2D eigenvalue weighted by Gasteiger charge is 2.22. The summed E-state index contributed by atoms with van der Waals surface area (Å²) >= 11 is 0. The third-order valence-electron chi connectivity index (χ3n) is 4.58. The number of aromatic nitrogens is 4. The lowest BCUT2D eigenvalue weighted by Crippen LogP contribution is -2.34. The smallest absolute Gasteiger partial charge is 0.274 e. The first-order valence-corrected chi connectivity index (χ1v) is 9.40. The van der Waals surface area contributed by atoms with Crippen LogP contribution in [0.15, 0.2) is 18.5 Å². The standard InChI is InChI=1S/C18H21F2N9O/c19-14(20)8-25-18(30)17-13(26-11-3-1-10(22)2-4-11)5-15(28-29-17)27-16-9-23-12(6-21)7-24-16/h5,7,9-11,14H,1-4,8,22H2,(H,25,30)(H2,24,26,27,28). The summed E-state index contributed by atoms with van der Waals surface area (Å²) in [6, 6.07) is 3.64. The van der Waals surface area contributed by atoms with Crippen molar-refractivity contribution in [1.29, 1.82) is 5.26 Å². The number of carbonyl (C=O) groups is 1. The minimum atomic E-state index is -2.67. The first-order valence-electron chi connectivity index (χ1n) is 9.40. The number of hydrogen-bond acceptors (Lipinski definition) is 9. The quantitative estimate of drug-likeness (QED) is 0.525. The molecule has 10 nitrogen and oxygen atoms in total. The molecule has 1 saturated carbocycles. The van der Waals surface area contributed by atoms with Crippen LogP contribution in [0.1, 0.15) is 41.9 Å². The Morgan fingerprint density at radius 3 is 2.60 bits per heavy atom. The first-order chi connectivity index (χ1) is 14.4. The second-order valence-electron chi connectivity index (χ2n) is 6.87. The molecule has 30 heavy (non-hydrogen) atoms. The summed E-state index contributed by atoms with van der Waals surface area (Å²) in [5.74, 6) is -0.148. The van der Waals surface area contributed by atoms with E-state index in [-0.39, 0.29) is 29.3 Å². The molecule has 2 aromatic heterocycles. The van der Waals surface area contributed by atoms with Crippen molar-refractivity contribution in [2.45, 2.75) is 44.2 Å². The third kappa shape index (κ3) is 5.77. The lowest BCUT2D eigenvalue weighted by Gasteiger charge is -2.28. The van der Waals surface area contributed by atoms with Crippen molar-refractivity contribution >= 4 is 23.2 Å². The molecule has 0 radical (unpaired) electrons. The number of anilines is 3. The van der Waals surface area contributed by atoms with Crippen LogP contribution >= 0.6 is 0 Å². The van der Waals surface area contributed by atoms with Gasteiger partial charge in [-0.2, -0.15) is 5.26 Å². The van der Waals surface area contributed by atoms with Gasteiger partial charge in [-0.3, -0.25) is 4.79 Å². The zero-order valence-corrected chi connectivity index (χ0v) is 16.0. The fourth-order valence-corrected chi connectivity index (χ4v) is 3.05. The average molecular weight is 417 g/mol. The third-order valence-corrected chi connectivity index (χ3v) is 4.58. The Labute approximate surface area is 171 Å². The molecule has 0 spiro atoms. The van der Waals surface area contributed by atoms with Crippen molar-refractivity contribution in [3.05, 3.63) is 29.8 Å². The molecule has 1 amide bonds. The highest BCUT2D eigenvalue weighted by Crippen LogP contribution is 2.25. The van der Waals surface area contributed by atoms with Crippen LogP contribution in [0.3, 0.4) is 0 Å². The summed E-state index contributed by atoms with van der Waals surface area (Å²) in [6.07, 6.45) is 3.29. The van der Waals surface area contributed by atoms with Gasteiger partial charge < -0.3 is 21.7 Å². The molecular weight excluding hydrogens is 396 g/mol. The summed E-state index contributed by atoms with van der Waals surface area (Å²) < 4.78 is 24.9.